The van der Waals surface area contributed by atoms with E-state index in [2.05, 4.69) is 236 Å². The Hall–Kier alpha value is -8.52. The quantitative estimate of drug-likeness (QED) is 0.154. The third kappa shape index (κ3) is 5.15. The molecule has 0 N–H and O–H groups in total. The molecule has 8 aromatic carbocycles. The normalized spacial score (nSPS) is 13.8. The molecule has 4 heterocycles. The molecule has 14 rings (SSSR count). The topological polar surface area (TPSA) is 19.7 Å². The van der Waals surface area contributed by atoms with Crippen LogP contribution in [0, 0.1) is 11.8 Å². The van der Waals surface area contributed by atoms with Crippen LogP contribution in [-0.4, -0.2) is 18.3 Å². The molecule has 0 unspecified atom stereocenters. The number of aromatic nitrogens is 4. The molecule has 12 aromatic rings. The fraction of sp³-hybridized carbons (Fsp3) is 0.0492. The number of benzene rings is 8. The highest BCUT2D eigenvalue weighted by Gasteiger charge is 2.26. The zero-order chi connectivity index (χ0) is 42.6. The third-order valence-electron chi connectivity index (χ3n) is 13.9. The van der Waals surface area contributed by atoms with Gasteiger partial charge in [-0.3, -0.25) is 0 Å². The van der Waals surface area contributed by atoms with Gasteiger partial charge in [-0.1, -0.05) is 139 Å². The lowest BCUT2D eigenvalue weighted by Gasteiger charge is -2.22. The number of allylic oxidation sites excluding steroid dienone is 5. The third-order valence-corrected chi connectivity index (χ3v) is 13.9. The van der Waals surface area contributed by atoms with Gasteiger partial charge in [0.2, 0.25) is 0 Å². The van der Waals surface area contributed by atoms with E-state index in [0.29, 0.717) is 6.42 Å². The van der Waals surface area contributed by atoms with E-state index in [9.17, 15) is 0 Å². The molecule has 4 nitrogen and oxygen atoms in total. The highest BCUT2D eigenvalue weighted by Crippen LogP contribution is 2.44. The van der Waals surface area contributed by atoms with Gasteiger partial charge < -0.3 is 18.3 Å². The van der Waals surface area contributed by atoms with E-state index in [1.807, 2.05) is 0 Å². The van der Waals surface area contributed by atoms with Gasteiger partial charge in [-0.25, -0.2) is 0 Å². The van der Waals surface area contributed by atoms with Crippen molar-refractivity contribution in [2.24, 2.45) is 0 Å². The van der Waals surface area contributed by atoms with Gasteiger partial charge in [0, 0.05) is 66.6 Å². The second-order valence-electron chi connectivity index (χ2n) is 17.3. The van der Waals surface area contributed by atoms with Gasteiger partial charge in [-0.05, 0) is 97.1 Å². The number of hydrogen-bond acceptors (Lipinski definition) is 0. The van der Waals surface area contributed by atoms with Crippen molar-refractivity contribution in [3.63, 3.8) is 0 Å². The Morgan fingerprint density at radius 2 is 0.938 bits per heavy atom. The van der Waals surface area contributed by atoms with Gasteiger partial charge in [0.15, 0.2) is 0 Å². The van der Waals surface area contributed by atoms with Crippen LogP contribution in [0.3, 0.4) is 0 Å². The lowest BCUT2D eigenvalue weighted by molar-refractivity contribution is 1.02. The van der Waals surface area contributed by atoms with Crippen LogP contribution in [0.5, 0.6) is 0 Å². The minimum absolute atomic E-state index is 0.710. The molecule has 2 aliphatic carbocycles. The van der Waals surface area contributed by atoms with Crippen LogP contribution >= 0.6 is 0 Å². The molecule has 0 bridgehead atoms. The van der Waals surface area contributed by atoms with Crippen LogP contribution in [-0.2, 0) is 0 Å². The van der Waals surface area contributed by atoms with Crippen molar-refractivity contribution in [3.8, 4) is 28.9 Å². The summed E-state index contributed by atoms with van der Waals surface area (Å²) in [5, 5.41) is 8.72. The molecule has 0 amide bonds. The Kier molecular flexibility index (Phi) is 7.75. The summed E-state index contributed by atoms with van der Waals surface area (Å²) in [6.07, 6.45) is 11.8. The van der Waals surface area contributed by atoms with Crippen molar-refractivity contribution in [1.29, 1.82) is 0 Å². The molecule has 4 heteroatoms. The maximum Gasteiger partial charge on any atom is 0.105 e. The second-order valence-corrected chi connectivity index (χ2v) is 17.3. The summed E-state index contributed by atoms with van der Waals surface area (Å²) in [6.45, 7) is 0. The van der Waals surface area contributed by atoms with Crippen LogP contribution in [0.15, 0.2) is 200 Å². The van der Waals surface area contributed by atoms with Gasteiger partial charge in [0.25, 0.3) is 0 Å². The minimum atomic E-state index is 0.710. The van der Waals surface area contributed by atoms with E-state index in [4.69, 9.17) is 0 Å². The van der Waals surface area contributed by atoms with Crippen molar-refractivity contribution in [2.45, 2.75) is 19.3 Å². The lowest BCUT2D eigenvalue weighted by Crippen LogP contribution is -2.07. The minimum Gasteiger partial charge on any atom is -0.309 e. The van der Waals surface area contributed by atoms with Gasteiger partial charge in [-0.15, -0.1) is 0 Å². The van der Waals surface area contributed by atoms with Gasteiger partial charge in [0.05, 0.1) is 50.0 Å². The van der Waals surface area contributed by atoms with Gasteiger partial charge in [-0.2, -0.15) is 0 Å². The molecule has 0 saturated carbocycles. The van der Waals surface area contributed by atoms with Crippen LogP contribution in [0.1, 0.15) is 36.1 Å². The summed E-state index contributed by atoms with van der Waals surface area (Å²) >= 11 is 0. The monoisotopic (exact) mass is 828 g/mol. The van der Waals surface area contributed by atoms with Crippen molar-refractivity contribution in [3.05, 3.63) is 217 Å². The number of para-hydroxylation sites is 6. The van der Waals surface area contributed by atoms with E-state index in [1.165, 1.54) is 87.6 Å². The molecule has 0 aliphatic heterocycles. The summed E-state index contributed by atoms with van der Waals surface area (Å²) in [4.78, 5) is 0. The smallest absolute Gasteiger partial charge is 0.105 e. The summed E-state index contributed by atoms with van der Waals surface area (Å²) in [6, 6.07) is 66.8. The zero-order valence-corrected chi connectivity index (χ0v) is 35.5. The van der Waals surface area contributed by atoms with Crippen LogP contribution in [0.2, 0.25) is 0 Å². The molecule has 0 spiro atoms. The SMILES string of the molecule is C1#Cc2c(c3c(-n4c5ccccc5c5ccccc54)cccc3n2-c2ccccc2C2=C(n3c4ccccc4c4cc(-n5c6ccccc6c6ccccc65)ccc43)C=CCC2)C=CC1. The Balaban J connectivity index is 1.01. The summed E-state index contributed by atoms with van der Waals surface area (Å²) in [5.41, 5.74) is 17.8. The Morgan fingerprint density at radius 3 is 1.62 bits per heavy atom. The first-order valence-corrected chi connectivity index (χ1v) is 22.6. The van der Waals surface area contributed by atoms with E-state index < -0.39 is 0 Å². The van der Waals surface area contributed by atoms with E-state index >= 15 is 0 Å². The molecular weight excluding hydrogens is 789 g/mol. The molecular formula is C61H40N4. The molecule has 0 atom stereocenters. The number of nitrogens with zero attached hydrogens (tertiary/aromatic N) is 4. The van der Waals surface area contributed by atoms with E-state index in [0.717, 1.165) is 46.7 Å². The highest BCUT2D eigenvalue weighted by atomic mass is 15.0. The molecule has 304 valence electrons. The van der Waals surface area contributed by atoms with E-state index in [1.54, 1.807) is 0 Å². The Morgan fingerprint density at radius 1 is 0.400 bits per heavy atom. The average molecular weight is 829 g/mol. The van der Waals surface area contributed by atoms with Crippen LogP contribution in [0.4, 0.5) is 0 Å². The summed E-state index contributed by atoms with van der Waals surface area (Å²) in [7, 11) is 0. The first-order chi connectivity index (χ1) is 32.3. The van der Waals surface area contributed by atoms with Gasteiger partial charge >= 0.3 is 0 Å². The Labute approximate surface area is 375 Å². The van der Waals surface area contributed by atoms with Crippen LogP contribution in [0.25, 0.3) is 111 Å². The van der Waals surface area contributed by atoms with Crippen molar-refractivity contribution in [1.82, 2.24) is 18.3 Å². The predicted molar refractivity (Wildman–Crippen MR) is 273 cm³/mol. The standard InChI is InChI=1S/C61H40N4/c1-2-26-48-57(27-3-1)65(60-36-18-35-59(61(48)60)64-53-31-14-7-23-45(53)46-24-8-15-32-54(46)64)55-33-16-9-22-44(55)43-21-6-13-30-52(43)63-56-34-17-10-25-47(56)49-39-40(37-38-58(49)63)62-50-28-11-4-19-41(50)42-20-5-12-29-51(42)62/h2,4-5,7-20,22-26,28-39H,1,6,21H2. The Bertz CT molecular complexity index is 4050. The second kappa shape index (κ2) is 14.0. The largest absolute Gasteiger partial charge is 0.309 e. The number of hydrogen-bond donors (Lipinski definition) is 0. The zero-order valence-electron chi connectivity index (χ0n) is 35.5. The van der Waals surface area contributed by atoms with E-state index in [-0.39, 0.29) is 0 Å². The predicted octanol–water partition coefficient (Wildman–Crippen LogP) is 15.4. The maximum absolute atomic E-state index is 3.69. The van der Waals surface area contributed by atoms with Crippen molar-refractivity contribution < 1.29 is 0 Å². The molecule has 2 aliphatic rings. The first-order valence-electron chi connectivity index (χ1n) is 22.6. The molecule has 0 fully saturated rings. The van der Waals surface area contributed by atoms with Gasteiger partial charge in [0.1, 0.15) is 5.69 Å². The molecule has 0 saturated heterocycles. The number of fused-ring (bicyclic) bond motifs is 12. The fourth-order valence-electron chi connectivity index (χ4n) is 11.2. The average Bonchev–Trinajstić information content (AvgIpc) is 4.03. The van der Waals surface area contributed by atoms with Crippen molar-refractivity contribution >= 4 is 93.7 Å². The summed E-state index contributed by atoms with van der Waals surface area (Å²) in [5.74, 6) is 7.19. The fourth-order valence-corrected chi connectivity index (χ4v) is 11.2. The molecule has 0 radical (unpaired) electrons. The van der Waals surface area contributed by atoms with Crippen molar-refractivity contribution in [2.75, 3.05) is 0 Å². The molecule has 65 heavy (non-hydrogen) atoms. The molecule has 4 aromatic heterocycles. The van der Waals surface area contributed by atoms with Crippen LogP contribution < -0.4 is 0 Å². The maximum atomic E-state index is 3.69. The summed E-state index contributed by atoms with van der Waals surface area (Å²) < 4.78 is 9.84. The lowest BCUT2D eigenvalue weighted by atomic mass is 9.93. The highest BCUT2D eigenvalue weighted by molar-refractivity contribution is 6.15. The first kappa shape index (κ1) is 36.0. The number of rotatable bonds is 5.